The van der Waals surface area contributed by atoms with Gasteiger partial charge in [-0.2, -0.15) is 0 Å². The van der Waals surface area contributed by atoms with Crippen LogP contribution in [-0.4, -0.2) is 13.2 Å². The Morgan fingerprint density at radius 1 is 1.14 bits per heavy atom. The SMILES string of the molecule is CCOc1cc(Cl)c(C(Br)c2ccc(Br)s2)cc1OCC. The zero-order valence-corrected chi connectivity index (χ0v) is 16.4. The minimum Gasteiger partial charge on any atom is -0.490 e. The Hall–Kier alpha value is -0.230. The molecule has 6 heteroatoms. The Morgan fingerprint density at radius 2 is 1.76 bits per heavy atom. The fraction of sp³-hybridized carbons (Fsp3) is 0.333. The second kappa shape index (κ2) is 7.86. The molecule has 1 heterocycles. The molecule has 0 aliphatic rings. The normalized spacial score (nSPS) is 12.2. The van der Waals surface area contributed by atoms with Crippen LogP contribution in [0, 0.1) is 0 Å². The molecule has 1 unspecified atom stereocenters. The van der Waals surface area contributed by atoms with E-state index in [1.807, 2.05) is 32.0 Å². The van der Waals surface area contributed by atoms with E-state index < -0.39 is 0 Å². The standard InChI is InChI=1S/C15H15Br2ClO2S/c1-3-19-11-7-9(10(18)8-12(11)20-4-2)15(17)13-5-6-14(16)21-13/h5-8,15H,3-4H2,1-2H3. The van der Waals surface area contributed by atoms with Crippen molar-refractivity contribution in [2.75, 3.05) is 13.2 Å². The molecule has 0 amide bonds. The van der Waals surface area contributed by atoms with Gasteiger partial charge in [0, 0.05) is 16.0 Å². The summed E-state index contributed by atoms with van der Waals surface area (Å²) < 4.78 is 12.3. The topological polar surface area (TPSA) is 18.5 Å². The van der Waals surface area contributed by atoms with Crippen LogP contribution in [0.3, 0.4) is 0 Å². The van der Waals surface area contributed by atoms with E-state index in [1.54, 1.807) is 11.3 Å². The van der Waals surface area contributed by atoms with Gasteiger partial charge in [-0.25, -0.2) is 0 Å². The second-order valence-corrected chi connectivity index (χ2v) is 8.01. The third kappa shape index (κ3) is 4.15. The summed E-state index contributed by atoms with van der Waals surface area (Å²) in [7, 11) is 0. The number of thiophene rings is 1. The monoisotopic (exact) mass is 452 g/mol. The average molecular weight is 455 g/mol. The molecule has 0 radical (unpaired) electrons. The van der Waals surface area contributed by atoms with Gasteiger partial charge in [0.2, 0.25) is 0 Å². The van der Waals surface area contributed by atoms with Gasteiger partial charge in [0.25, 0.3) is 0 Å². The van der Waals surface area contributed by atoms with E-state index in [1.165, 1.54) is 4.88 Å². The van der Waals surface area contributed by atoms with Crippen LogP contribution in [0.2, 0.25) is 5.02 Å². The quantitative estimate of drug-likeness (QED) is 0.467. The first-order valence-electron chi connectivity index (χ1n) is 6.55. The number of hydrogen-bond donors (Lipinski definition) is 0. The lowest BCUT2D eigenvalue weighted by Crippen LogP contribution is -2.01. The molecule has 0 aliphatic carbocycles. The van der Waals surface area contributed by atoms with Crippen LogP contribution in [0.15, 0.2) is 28.1 Å². The van der Waals surface area contributed by atoms with E-state index in [-0.39, 0.29) is 4.83 Å². The van der Waals surface area contributed by atoms with Crippen molar-refractivity contribution in [1.82, 2.24) is 0 Å². The highest BCUT2D eigenvalue weighted by atomic mass is 79.9. The minimum atomic E-state index is 0.0242. The zero-order valence-electron chi connectivity index (χ0n) is 11.7. The average Bonchev–Trinajstić information content (AvgIpc) is 2.88. The minimum absolute atomic E-state index is 0.0242. The number of alkyl halides is 1. The summed E-state index contributed by atoms with van der Waals surface area (Å²) in [5, 5.41) is 0.660. The maximum Gasteiger partial charge on any atom is 0.162 e. The lowest BCUT2D eigenvalue weighted by atomic mass is 10.1. The Labute approximate surface area is 150 Å². The third-order valence-corrected chi connectivity index (χ3v) is 6.08. The Morgan fingerprint density at radius 3 is 2.29 bits per heavy atom. The summed E-state index contributed by atoms with van der Waals surface area (Å²) in [6.45, 7) is 5.05. The number of halogens is 3. The van der Waals surface area contributed by atoms with Crippen molar-refractivity contribution in [3.63, 3.8) is 0 Å². The van der Waals surface area contributed by atoms with Gasteiger partial charge >= 0.3 is 0 Å². The maximum atomic E-state index is 6.42. The highest BCUT2D eigenvalue weighted by Gasteiger charge is 2.19. The Balaban J connectivity index is 2.40. The zero-order chi connectivity index (χ0) is 15.4. The van der Waals surface area contributed by atoms with Gasteiger partial charge in [0.05, 0.1) is 21.8 Å². The van der Waals surface area contributed by atoms with Gasteiger partial charge in [0.1, 0.15) is 0 Å². The molecule has 114 valence electrons. The van der Waals surface area contributed by atoms with Crippen LogP contribution in [-0.2, 0) is 0 Å². The van der Waals surface area contributed by atoms with Crippen LogP contribution in [0.25, 0.3) is 0 Å². The van der Waals surface area contributed by atoms with Gasteiger partial charge in [0.15, 0.2) is 11.5 Å². The highest BCUT2D eigenvalue weighted by Crippen LogP contribution is 2.43. The molecule has 0 saturated heterocycles. The molecule has 2 aromatic rings. The molecule has 0 bridgehead atoms. The van der Waals surface area contributed by atoms with Gasteiger partial charge in [-0.05, 0) is 53.5 Å². The smallest absolute Gasteiger partial charge is 0.162 e. The summed E-state index contributed by atoms with van der Waals surface area (Å²) >= 11 is 15.3. The molecule has 21 heavy (non-hydrogen) atoms. The van der Waals surface area contributed by atoms with Gasteiger partial charge in [-0.1, -0.05) is 27.5 Å². The van der Waals surface area contributed by atoms with Gasteiger partial charge < -0.3 is 9.47 Å². The Bertz CT molecular complexity index is 616. The molecular formula is C15H15Br2ClO2S. The third-order valence-electron chi connectivity index (χ3n) is 2.78. The predicted molar refractivity (Wildman–Crippen MR) is 96.6 cm³/mol. The van der Waals surface area contributed by atoms with Crippen molar-refractivity contribution < 1.29 is 9.47 Å². The van der Waals surface area contributed by atoms with Crippen LogP contribution >= 0.6 is 54.8 Å². The van der Waals surface area contributed by atoms with E-state index in [0.717, 1.165) is 15.1 Å². The van der Waals surface area contributed by atoms with Gasteiger partial charge in [-0.3, -0.25) is 0 Å². The lowest BCUT2D eigenvalue weighted by Gasteiger charge is -2.16. The van der Waals surface area contributed by atoms with Crippen LogP contribution < -0.4 is 9.47 Å². The molecule has 0 spiro atoms. The van der Waals surface area contributed by atoms with Crippen molar-refractivity contribution in [2.24, 2.45) is 0 Å². The first-order chi connectivity index (χ1) is 10.1. The van der Waals surface area contributed by atoms with Crippen LogP contribution in [0.4, 0.5) is 0 Å². The van der Waals surface area contributed by atoms with E-state index in [9.17, 15) is 0 Å². The van der Waals surface area contributed by atoms with Crippen molar-refractivity contribution in [1.29, 1.82) is 0 Å². The number of rotatable bonds is 6. The summed E-state index contributed by atoms with van der Waals surface area (Å²) in [5.41, 5.74) is 0.970. The fourth-order valence-corrected chi connectivity index (χ4v) is 4.53. The van der Waals surface area contributed by atoms with E-state index in [0.29, 0.717) is 24.0 Å². The number of benzene rings is 1. The molecular weight excluding hydrogens is 439 g/mol. The second-order valence-electron chi connectivity index (χ2n) is 4.19. The first kappa shape index (κ1) is 17.1. The van der Waals surface area contributed by atoms with Crippen molar-refractivity contribution in [3.8, 4) is 11.5 Å². The molecule has 2 nitrogen and oxygen atoms in total. The highest BCUT2D eigenvalue weighted by molar-refractivity contribution is 9.11. The van der Waals surface area contributed by atoms with Gasteiger partial charge in [-0.15, -0.1) is 11.3 Å². The van der Waals surface area contributed by atoms with Crippen molar-refractivity contribution >= 4 is 54.8 Å². The first-order valence-corrected chi connectivity index (χ1v) is 9.45. The molecule has 1 aromatic carbocycles. The number of hydrogen-bond acceptors (Lipinski definition) is 3. The van der Waals surface area contributed by atoms with Crippen LogP contribution in [0.5, 0.6) is 11.5 Å². The molecule has 0 N–H and O–H groups in total. The van der Waals surface area contributed by atoms with Crippen molar-refractivity contribution in [3.05, 3.63) is 43.5 Å². The van der Waals surface area contributed by atoms with E-state index in [4.69, 9.17) is 21.1 Å². The summed E-state index contributed by atoms with van der Waals surface area (Å²) in [5.74, 6) is 1.40. The van der Waals surface area contributed by atoms with Crippen molar-refractivity contribution in [2.45, 2.75) is 18.7 Å². The number of ether oxygens (including phenoxy) is 2. The predicted octanol–water partition coefficient (Wildman–Crippen LogP) is 6.45. The Kier molecular flexibility index (Phi) is 6.41. The summed E-state index contributed by atoms with van der Waals surface area (Å²) in [6.07, 6.45) is 0. The van der Waals surface area contributed by atoms with Crippen LogP contribution in [0.1, 0.15) is 29.1 Å². The largest absolute Gasteiger partial charge is 0.490 e. The summed E-state index contributed by atoms with van der Waals surface area (Å²) in [6, 6.07) is 7.87. The molecule has 1 aromatic heterocycles. The maximum absolute atomic E-state index is 6.42. The molecule has 0 fully saturated rings. The molecule has 0 aliphatic heterocycles. The molecule has 2 rings (SSSR count). The summed E-state index contributed by atoms with van der Waals surface area (Å²) in [4.78, 5) is 1.20. The molecule has 1 atom stereocenters. The lowest BCUT2D eigenvalue weighted by molar-refractivity contribution is 0.287. The van der Waals surface area contributed by atoms with E-state index >= 15 is 0 Å². The van der Waals surface area contributed by atoms with E-state index in [2.05, 4.69) is 37.9 Å². The fourth-order valence-electron chi connectivity index (χ4n) is 1.90. The molecule has 0 saturated carbocycles.